The Bertz CT molecular complexity index is 820. The number of ether oxygens (including phenoxy) is 2. The first-order chi connectivity index (χ1) is 13.1. The van der Waals surface area contributed by atoms with Crippen LogP contribution in [0.4, 0.5) is 0 Å². The SMILES string of the molecule is C=CC[C@H]1C[C@@](OS(C)(=O)=O)(C(=O)OC)C[C@@H](OC(=O)c2ccccc2)[C@@H]1O. The van der Waals surface area contributed by atoms with Gasteiger partial charge in [0.15, 0.2) is 5.60 Å². The highest BCUT2D eigenvalue weighted by Gasteiger charge is 2.55. The lowest BCUT2D eigenvalue weighted by Crippen LogP contribution is -2.57. The molecule has 0 aliphatic heterocycles. The van der Waals surface area contributed by atoms with E-state index >= 15 is 0 Å². The summed E-state index contributed by atoms with van der Waals surface area (Å²) in [6.45, 7) is 3.62. The van der Waals surface area contributed by atoms with Crippen LogP contribution in [-0.2, 0) is 28.6 Å². The zero-order valence-corrected chi connectivity index (χ0v) is 16.6. The van der Waals surface area contributed by atoms with Gasteiger partial charge in [0.2, 0.25) is 0 Å². The molecule has 1 aliphatic carbocycles. The van der Waals surface area contributed by atoms with Gasteiger partial charge in [0.25, 0.3) is 10.1 Å². The van der Waals surface area contributed by atoms with Crippen molar-refractivity contribution in [2.75, 3.05) is 13.4 Å². The molecule has 2 rings (SSSR count). The molecule has 1 fully saturated rings. The molecule has 0 radical (unpaired) electrons. The lowest BCUT2D eigenvalue weighted by atomic mass is 9.73. The molecule has 1 saturated carbocycles. The predicted octanol–water partition coefficient (Wildman–Crippen LogP) is 1.45. The summed E-state index contributed by atoms with van der Waals surface area (Å²) in [5.41, 5.74) is -1.65. The predicted molar refractivity (Wildman–Crippen MR) is 99.9 cm³/mol. The van der Waals surface area contributed by atoms with E-state index in [-0.39, 0.29) is 24.8 Å². The van der Waals surface area contributed by atoms with Gasteiger partial charge < -0.3 is 14.6 Å². The molecular weight excluding hydrogens is 388 g/mol. The average Bonchev–Trinajstić information content (AvgIpc) is 2.64. The lowest BCUT2D eigenvalue weighted by molar-refractivity contribution is -0.176. The van der Waals surface area contributed by atoms with E-state index in [9.17, 15) is 23.1 Å². The number of rotatable bonds is 7. The zero-order valence-electron chi connectivity index (χ0n) is 15.7. The van der Waals surface area contributed by atoms with Gasteiger partial charge in [-0.15, -0.1) is 6.58 Å². The third kappa shape index (κ3) is 5.18. The van der Waals surface area contributed by atoms with E-state index < -0.39 is 45.8 Å². The Hall–Kier alpha value is -2.23. The van der Waals surface area contributed by atoms with Gasteiger partial charge in [-0.3, -0.25) is 4.18 Å². The van der Waals surface area contributed by atoms with Gasteiger partial charge in [0.05, 0.1) is 25.0 Å². The first-order valence-corrected chi connectivity index (χ1v) is 10.5. The maximum absolute atomic E-state index is 12.5. The second kappa shape index (κ2) is 8.85. The fraction of sp³-hybridized carbons (Fsp3) is 0.474. The van der Waals surface area contributed by atoms with Crippen molar-refractivity contribution in [2.24, 2.45) is 5.92 Å². The fourth-order valence-corrected chi connectivity index (χ4v) is 4.23. The van der Waals surface area contributed by atoms with Crippen molar-refractivity contribution in [1.82, 2.24) is 0 Å². The molecule has 154 valence electrons. The van der Waals surface area contributed by atoms with Crippen LogP contribution in [0.3, 0.4) is 0 Å². The van der Waals surface area contributed by atoms with E-state index in [1.165, 1.54) is 6.08 Å². The molecule has 9 heteroatoms. The van der Waals surface area contributed by atoms with Gasteiger partial charge in [-0.2, -0.15) is 8.42 Å². The summed E-state index contributed by atoms with van der Waals surface area (Å²) in [6, 6.07) is 8.12. The summed E-state index contributed by atoms with van der Waals surface area (Å²) in [6.07, 6.45) is -0.196. The molecule has 1 N–H and O–H groups in total. The Morgan fingerprint density at radius 1 is 1.29 bits per heavy atom. The Morgan fingerprint density at radius 2 is 1.93 bits per heavy atom. The van der Waals surface area contributed by atoms with Gasteiger partial charge in [0, 0.05) is 6.42 Å². The Balaban J connectivity index is 2.38. The molecule has 0 bridgehead atoms. The average molecular weight is 412 g/mol. The first kappa shape index (κ1) is 22.1. The van der Waals surface area contributed by atoms with Crippen LogP contribution >= 0.6 is 0 Å². The zero-order chi connectivity index (χ0) is 20.9. The van der Waals surface area contributed by atoms with Crippen molar-refractivity contribution < 1.29 is 36.8 Å². The number of hydrogen-bond donors (Lipinski definition) is 1. The summed E-state index contributed by atoms with van der Waals surface area (Å²) < 4.78 is 38.9. The van der Waals surface area contributed by atoms with Gasteiger partial charge >= 0.3 is 11.9 Å². The fourth-order valence-electron chi connectivity index (χ4n) is 3.45. The highest BCUT2D eigenvalue weighted by molar-refractivity contribution is 7.86. The van der Waals surface area contributed by atoms with Gasteiger partial charge in [-0.25, -0.2) is 9.59 Å². The van der Waals surface area contributed by atoms with Crippen molar-refractivity contribution in [3.63, 3.8) is 0 Å². The van der Waals surface area contributed by atoms with Crippen molar-refractivity contribution in [2.45, 2.75) is 37.1 Å². The van der Waals surface area contributed by atoms with Crippen molar-refractivity contribution >= 4 is 22.1 Å². The van der Waals surface area contributed by atoms with Gasteiger partial charge in [-0.05, 0) is 30.9 Å². The van der Waals surface area contributed by atoms with Crippen LogP contribution in [0, 0.1) is 5.92 Å². The normalized spacial score (nSPS) is 27.6. The van der Waals surface area contributed by atoms with Gasteiger partial charge in [-0.1, -0.05) is 24.3 Å². The van der Waals surface area contributed by atoms with Crippen LogP contribution in [0.2, 0.25) is 0 Å². The maximum atomic E-state index is 12.5. The number of aliphatic hydroxyl groups excluding tert-OH is 1. The highest BCUT2D eigenvalue weighted by atomic mass is 32.2. The topological polar surface area (TPSA) is 116 Å². The smallest absolute Gasteiger partial charge is 0.339 e. The molecule has 1 aromatic rings. The number of carbonyl (C=O) groups excluding carboxylic acids is 2. The quantitative estimate of drug-likeness (QED) is 0.406. The highest BCUT2D eigenvalue weighted by Crippen LogP contribution is 2.40. The molecule has 0 heterocycles. The van der Waals surface area contributed by atoms with Crippen molar-refractivity contribution in [3.8, 4) is 0 Å². The molecule has 4 atom stereocenters. The Kier molecular flexibility index (Phi) is 6.97. The number of allylic oxidation sites excluding steroid dienone is 1. The van der Waals surface area contributed by atoms with Crippen molar-refractivity contribution in [1.29, 1.82) is 0 Å². The number of esters is 2. The monoisotopic (exact) mass is 412 g/mol. The Morgan fingerprint density at radius 3 is 2.46 bits per heavy atom. The Labute approximate surface area is 164 Å². The molecule has 1 aliphatic rings. The first-order valence-electron chi connectivity index (χ1n) is 8.66. The van der Waals surface area contributed by atoms with E-state index in [2.05, 4.69) is 6.58 Å². The number of aliphatic hydroxyl groups is 1. The van der Waals surface area contributed by atoms with Crippen LogP contribution < -0.4 is 0 Å². The van der Waals surface area contributed by atoms with E-state index in [0.717, 1.165) is 13.4 Å². The summed E-state index contributed by atoms with van der Waals surface area (Å²) in [4.78, 5) is 24.9. The number of methoxy groups -OCH3 is 1. The molecule has 1 aromatic carbocycles. The minimum atomic E-state index is -4.05. The molecule has 28 heavy (non-hydrogen) atoms. The van der Waals surface area contributed by atoms with Gasteiger partial charge in [0.1, 0.15) is 6.10 Å². The van der Waals surface area contributed by atoms with Crippen LogP contribution in [-0.4, -0.2) is 56.6 Å². The third-order valence-corrected chi connectivity index (χ3v) is 5.21. The lowest BCUT2D eigenvalue weighted by Gasteiger charge is -2.43. The van der Waals surface area contributed by atoms with Crippen LogP contribution in [0.15, 0.2) is 43.0 Å². The minimum Gasteiger partial charge on any atom is -0.467 e. The molecule has 0 amide bonds. The van der Waals surface area contributed by atoms with Crippen molar-refractivity contribution in [3.05, 3.63) is 48.6 Å². The van der Waals surface area contributed by atoms with E-state index in [1.54, 1.807) is 30.3 Å². The van der Waals surface area contributed by atoms with E-state index in [0.29, 0.717) is 0 Å². The second-order valence-corrected chi connectivity index (χ2v) is 8.34. The largest absolute Gasteiger partial charge is 0.467 e. The third-order valence-electron chi connectivity index (χ3n) is 4.59. The van der Waals surface area contributed by atoms with Crippen LogP contribution in [0.1, 0.15) is 29.6 Å². The molecule has 0 spiro atoms. The number of hydrogen-bond acceptors (Lipinski definition) is 8. The molecule has 8 nitrogen and oxygen atoms in total. The molecule has 0 saturated heterocycles. The molecule has 0 unspecified atom stereocenters. The summed E-state index contributed by atoms with van der Waals surface area (Å²) >= 11 is 0. The number of benzene rings is 1. The van der Waals surface area contributed by atoms with E-state index in [1.807, 2.05) is 0 Å². The second-order valence-electron chi connectivity index (χ2n) is 6.77. The standard InChI is InChI=1S/C19H24O8S/c1-4-8-14-11-19(18(22)25-2,27-28(3,23)24)12-15(16(14)20)26-17(21)13-9-6-5-7-10-13/h4-7,9-10,14-16,20H,1,8,11-12H2,2-3H3/t14-,15+,16+,19-/m0/s1. The summed E-state index contributed by atoms with van der Waals surface area (Å²) in [5, 5.41) is 10.7. The number of carbonyl (C=O) groups is 2. The minimum absolute atomic E-state index is 0.126. The summed E-state index contributed by atoms with van der Waals surface area (Å²) in [7, 11) is -2.94. The molecular formula is C19H24O8S. The summed E-state index contributed by atoms with van der Waals surface area (Å²) in [5.74, 6) is -2.25. The van der Waals surface area contributed by atoms with E-state index in [4.69, 9.17) is 13.7 Å². The van der Waals surface area contributed by atoms with Crippen LogP contribution in [0.5, 0.6) is 0 Å². The van der Waals surface area contributed by atoms with Crippen LogP contribution in [0.25, 0.3) is 0 Å². The maximum Gasteiger partial charge on any atom is 0.339 e. The molecule has 0 aromatic heterocycles.